The molecule has 1 saturated heterocycles. The highest BCUT2D eigenvalue weighted by molar-refractivity contribution is 5.99. The van der Waals surface area contributed by atoms with Gasteiger partial charge < -0.3 is 25.5 Å². The van der Waals surface area contributed by atoms with Crippen LogP contribution in [-0.2, 0) is 0 Å². The summed E-state index contributed by atoms with van der Waals surface area (Å²) in [4.78, 5) is 35.0. The lowest BCUT2D eigenvalue weighted by molar-refractivity contribution is 0.0661. The summed E-state index contributed by atoms with van der Waals surface area (Å²) < 4.78 is 0. The number of hydrogen-bond donors (Lipinski definition) is 3. The minimum atomic E-state index is -0.188. The van der Waals surface area contributed by atoms with E-state index in [1.807, 2.05) is 25.2 Å². The van der Waals surface area contributed by atoms with Crippen LogP contribution < -0.4 is 21.6 Å². The van der Waals surface area contributed by atoms with E-state index >= 15 is 0 Å². The normalized spacial score (nSPS) is 16.0. The van der Waals surface area contributed by atoms with E-state index in [4.69, 9.17) is 0 Å². The van der Waals surface area contributed by atoms with Gasteiger partial charge in [0, 0.05) is 26.2 Å². The summed E-state index contributed by atoms with van der Waals surface area (Å²) in [6.45, 7) is 5.24. The van der Waals surface area contributed by atoms with Crippen LogP contribution in [0.5, 0.6) is 5.75 Å². The van der Waals surface area contributed by atoms with Gasteiger partial charge in [0.25, 0.3) is 5.91 Å². The van der Waals surface area contributed by atoms with Crippen molar-refractivity contribution in [2.24, 2.45) is 9.98 Å². The standard InChI is InChI=1S/C26H30N8O2/c1-3-19(17-8-5-4-6-9-17)29-24-25(32-23-22(31-24)27-16-28-23)30-20-11-7-10-18(21(20)35)26(36)34-14-12-33(2)13-15-34/h4-11,19,35H,3,12-16H2,1-2H3,(H,27,29,31)(H,28,30,32)/t19-/m1/s1. The van der Waals surface area contributed by atoms with Crippen molar-refractivity contribution < 1.29 is 9.90 Å². The predicted molar refractivity (Wildman–Crippen MR) is 137 cm³/mol. The van der Waals surface area contributed by atoms with Crippen LogP contribution in [0.1, 0.15) is 35.3 Å². The van der Waals surface area contributed by atoms with E-state index in [1.165, 1.54) is 0 Å². The number of phenols is 1. The molecule has 2 aliphatic rings. The fourth-order valence-corrected chi connectivity index (χ4v) is 4.38. The fraction of sp³-hybridized carbons (Fsp3) is 0.346. The van der Waals surface area contributed by atoms with Crippen LogP contribution in [0.2, 0.25) is 0 Å². The number of fused-ring (bicyclic) bond motifs is 1. The van der Waals surface area contributed by atoms with Crippen LogP contribution in [0.25, 0.3) is 0 Å². The summed E-state index contributed by atoms with van der Waals surface area (Å²) in [6, 6.07) is 15.2. The number of carbonyl (C=O) groups excluding carboxylic acids is 1. The zero-order valence-corrected chi connectivity index (χ0v) is 20.5. The number of phenolic OH excluding ortho intramolecular Hbond substituents is 1. The molecule has 3 aromatic rings. The molecular weight excluding hydrogens is 456 g/mol. The van der Waals surface area contributed by atoms with Gasteiger partial charge in [-0.15, -0.1) is 0 Å². The van der Waals surface area contributed by atoms with Crippen LogP contribution in [0.15, 0.2) is 58.5 Å². The van der Waals surface area contributed by atoms with Crippen molar-refractivity contribution in [3.8, 4) is 5.75 Å². The maximum Gasteiger partial charge on any atom is 0.257 e. The van der Waals surface area contributed by atoms with Crippen LogP contribution >= 0.6 is 0 Å². The molecule has 10 nitrogen and oxygen atoms in total. The zero-order valence-electron chi connectivity index (χ0n) is 20.5. The van der Waals surface area contributed by atoms with E-state index in [-0.39, 0.29) is 29.9 Å². The van der Waals surface area contributed by atoms with Gasteiger partial charge in [0.1, 0.15) is 6.67 Å². The van der Waals surface area contributed by atoms with E-state index in [2.05, 4.69) is 54.5 Å². The first-order valence-electron chi connectivity index (χ1n) is 12.2. The Bertz CT molecular complexity index is 1370. The lowest BCUT2D eigenvalue weighted by atomic mass is 10.0. The topological polar surface area (TPSA) is 118 Å². The Kier molecular flexibility index (Phi) is 6.77. The van der Waals surface area contributed by atoms with E-state index in [9.17, 15) is 9.90 Å². The molecular formula is C26H30N8O2. The zero-order chi connectivity index (χ0) is 25.1. The second-order valence-corrected chi connectivity index (χ2v) is 8.96. The third-order valence-corrected chi connectivity index (χ3v) is 6.53. The first kappa shape index (κ1) is 23.7. The summed E-state index contributed by atoms with van der Waals surface area (Å²) in [5.74, 6) is 0.599. The van der Waals surface area contributed by atoms with Gasteiger partial charge in [-0.1, -0.05) is 43.3 Å². The average molecular weight is 487 g/mol. The molecule has 1 aromatic heterocycles. The van der Waals surface area contributed by atoms with Crippen molar-refractivity contribution >= 4 is 23.2 Å². The average Bonchev–Trinajstić information content (AvgIpc) is 3.36. The first-order valence-corrected chi connectivity index (χ1v) is 12.2. The maximum atomic E-state index is 13.1. The Balaban J connectivity index is 1.46. The largest absolute Gasteiger partial charge is 0.505 e. The van der Waals surface area contributed by atoms with Crippen LogP contribution in [0.4, 0.5) is 17.3 Å². The summed E-state index contributed by atoms with van der Waals surface area (Å²) in [5, 5.41) is 17.7. The summed E-state index contributed by atoms with van der Waals surface area (Å²) >= 11 is 0. The van der Waals surface area contributed by atoms with Gasteiger partial charge in [0.05, 0.1) is 17.3 Å². The Morgan fingerprint density at radius 2 is 1.67 bits per heavy atom. The molecule has 0 radical (unpaired) electrons. The van der Waals surface area contributed by atoms with Gasteiger partial charge in [-0.25, -0.2) is 20.0 Å². The number of benzene rings is 2. The quantitative estimate of drug-likeness (QED) is 0.438. The van der Waals surface area contributed by atoms with Crippen molar-refractivity contribution in [3.05, 3.63) is 70.6 Å². The van der Waals surface area contributed by atoms with E-state index in [0.29, 0.717) is 41.4 Å². The number of carbonyl (C=O) groups is 1. The van der Waals surface area contributed by atoms with Crippen LogP contribution in [-0.4, -0.2) is 70.7 Å². The molecule has 0 bridgehead atoms. The molecule has 3 N–H and O–H groups in total. The molecule has 10 heteroatoms. The van der Waals surface area contributed by atoms with E-state index in [0.717, 1.165) is 25.1 Å². The minimum Gasteiger partial charge on any atom is -0.505 e. The highest BCUT2D eigenvalue weighted by Crippen LogP contribution is 2.33. The number of nitrogens with one attached hydrogen (secondary N) is 2. The third-order valence-electron chi connectivity index (χ3n) is 6.53. The number of aromatic nitrogens is 2. The van der Waals surface area contributed by atoms with Crippen molar-refractivity contribution in [2.75, 3.05) is 50.5 Å². The molecule has 0 spiro atoms. The van der Waals surface area contributed by atoms with Crippen molar-refractivity contribution in [3.63, 3.8) is 0 Å². The monoisotopic (exact) mass is 486 g/mol. The molecule has 0 unspecified atom stereocenters. The molecule has 1 atom stereocenters. The number of nitrogens with zero attached hydrogens (tertiary/aromatic N) is 6. The van der Waals surface area contributed by atoms with Gasteiger partial charge in [-0.3, -0.25) is 4.79 Å². The lowest BCUT2D eigenvalue weighted by Crippen LogP contribution is -2.47. The molecule has 1 amide bonds. The molecule has 1 fully saturated rings. The molecule has 2 aliphatic heterocycles. The fourth-order valence-electron chi connectivity index (χ4n) is 4.38. The van der Waals surface area contributed by atoms with Crippen molar-refractivity contribution in [2.45, 2.75) is 19.4 Å². The molecule has 5 rings (SSSR count). The Labute approximate surface area is 209 Å². The lowest BCUT2D eigenvalue weighted by Gasteiger charge is -2.32. The smallest absolute Gasteiger partial charge is 0.257 e. The maximum absolute atomic E-state index is 13.1. The second kappa shape index (κ2) is 10.3. The van der Waals surface area contributed by atoms with E-state index in [1.54, 1.807) is 23.1 Å². The summed E-state index contributed by atoms with van der Waals surface area (Å²) in [7, 11) is 2.04. The third kappa shape index (κ3) is 4.85. The Hall–Kier alpha value is -4.05. The Morgan fingerprint density at radius 3 is 2.36 bits per heavy atom. The number of likely N-dealkylation sites (N-methyl/N-ethyl adjacent to an activating group) is 1. The first-order chi connectivity index (χ1) is 17.5. The summed E-state index contributed by atoms with van der Waals surface area (Å²) in [6.07, 6.45) is 0.823. The highest BCUT2D eigenvalue weighted by atomic mass is 16.3. The number of anilines is 3. The van der Waals surface area contributed by atoms with Gasteiger partial charge in [0.15, 0.2) is 28.4 Å². The van der Waals surface area contributed by atoms with Crippen molar-refractivity contribution in [1.82, 2.24) is 19.8 Å². The van der Waals surface area contributed by atoms with Crippen molar-refractivity contribution in [1.29, 1.82) is 0 Å². The SMILES string of the molecule is CC[C@@H](Nc1nc2c(nc1Nc1cccc(C(=O)N3CCN(C)CC3)c1O)=NCN=2)c1ccccc1. The van der Waals surface area contributed by atoms with Gasteiger partial charge in [-0.2, -0.15) is 0 Å². The van der Waals surface area contributed by atoms with Crippen LogP contribution in [0, 0.1) is 0 Å². The number of piperazine rings is 1. The molecule has 2 aromatic carbocycles. The van der Waals surface area contributed by atoms with E-state index < -0.39 is 0 Å². The van der Waals surface area contributed by atoms with Gasteiger partial charge in [-0.05, 0) is 31.2 Å². The number of para-hydroxylation sites is 1. The number of amides is 1. The number of rotatable bonds is 7. The molecule has 186 valence electrons. The molecule has 3 heterocycles. The highest BCUT2D eigenvalue weighted by Gasteiger charge is 2.24. The molecule has 0 aliphatic carbocycles. The molecule has 36 heavy (non-hydrogen) atoms. The van der Waals surface area contributed by atoms with Gasteiger partial charge >= 0.3 is 0 Å². The Morgan fingerprint density at radius 1 is 0.972 bits per heavy atom. The van der Waals surface area contributed by atoms with Crippen LogP contribution in [0.3, 0.4) is 0 Å². The number of hydrogen-bond acceptors (Lipinski definition) is 9. The minimum absolute atomic E-state index is 0.00353. The predicted octanol–water partition coefficient (Wildman–Crippen LogP) is 2.09. The van der Waals surface area contributed by atoms with Gasteiger partial charge in [0.2, 0.25) is 0 Å². The second-order valence-electron chi connectivity index (χ2n) is 8.96. The molecule has 0 saturated carbocycles. The number of aromatic hydroxyl groups is 1. The summed E-state index contributed by atoms with van der Waals surface area (Å²) in [5.41, 5.74) is 2.67.